The summed E-state index contributed by atoms with van der Waals surface area (Å²) in [4.78, 5) is 5.35. The van der Waals surface area contributed by atoms with Crippen molar-refractivity contribution in [2.45, 2.75) is 19.3 Å². The summed E-state index contributed by atoms with van der Waals surface area (Å²) in [5.41, 5.74) is 13.3. The van der Waals surface area contributed by atoms with E-state index in [-0.39, 0.29) is 5.41 Å². The van der Waals surface area contributed by atoms with Gasteiger partial charge in [-0.3, -0.25) is 0 Å². The SMILES string of the molecule is CC1(C)c2ccccc2-c2nc3ccc4ccccc4c3c(-c3cccc(-c4cccc(-c5ccccc5)c4)c3)c21. The summed E-state index contributed by atoms with van der Waals surface area (Å²) >= 11 is 0. The zero-order valence-corrected chi connectivity index (χ0v) is 23.2. The normalized spacial score (nSPS) is 13.3. The number of fused-ring (bicyclic) bond motifs is 6. The van der Waals surface area contributed by atoms with E-state index in [0.29, 0.717) is 0 Å². The molecule has 0 spiro atoms. The molecule has 0 fully saturated rings. The van der Waals surface area contributed by atoms with Gasteiger partial charge in [-0.15, -0.1) is 0 Å². The number of pyridine rings is 1. The van der Waals surface area contributed by atoms with Gasteiger partial charge in [-0.25, -0.2) is 4.98 Å². The van der Waals surface area contributed by atoms with Crippen molar-refractivity contribution in [3.63, 3.8) is 0 Å². The van der Waals surface area contributed by atoms with Crippen molar-refractivity contribution in [1.82, 2.24) is 4.98 Å². The Morgan fingerprint density at radius 3 is 1.93 bits per heavy atom. The van der Waals surface area contributed by atoms with E-state index < -0.39 is 0 Å². The number of benzene rings is 6. The van der Waals surface area contributed by atoms with E-state index in [2.05, 4.69) is 153 Å². The van der Waals surface area contributed by atoms with Gasteiger partial charge < -0.3 is 0 Å². The van der Waals surface area contributed by atoms with Gasteiger partial charge in [0, 0.05) is 16.4 Å². The minimum absolute atomic E-state index is 0.178. The predicted octanol–water partition coefficient (Wildman–Crippen LogP) is 10.7. The highest BCUT2D eigenvalue weighted by Gasteiger charge is 2.39. The molecule has 0 bridgehead atoms. The Kier molecular flexibility index (Phi) is 5.24. The monoisotopic (exact) mass is 523 g/mol. The lowest BCUT2D eigenvalue weighted by Crippen LogP contribution is -2.16. The summed E-state index contributed by atoms with van der Waals surface area (Å²) in [5, 5.41) is 3.72. The van der Waals surface area contributed by atoms with Crippen molar-refractivity contribution >= 4 is 21.7 Å². The van der Waals surface area contributed by atoms with Crippen LogP contribution in [0.25, 0.3) is 66.3 Å². The van der Waals surface area contributed by atoms with Gasteiger partial charge >= 0.3 is 0 Å². The van der Waals surface area contributed by atoms with Gasteiger partial charge in [0.05, 0.1) is 11.2 Å². The van der Waals surface area contributed by atoms with Gasteiger partial charge in [-0.2, -0.15) is 0 Å². The van der Waals surface area contributed by atoms with Crippen molar-refractivity contribution in [3.05, 3.63) is 151 Å². The molecule has 0 amide bonds. The Morgan fingerprint density at radius 2 is 1.12 bits per heavy atom. The summed E-state index contributed by atoms with van der Waals surface area (Å²) in [5.74, 6) is 0. The molecule has 0 saturated carbocycles. The first-order valence-corrected chi connectivity index (χ1v) is 14.3. The van der Waals surface area contributed by atoms with Crippen molar-refractivity contribution in [2.24, 2.45) is 0 Å². The van der Waals surface area contributed by atoms with Crippen LogP contribution in [0.4, 0.5) is 0 Å². The van der Waals surface area contributed by atoms with Crippen LogP contribution in [0.2, 0.25) is 0 Å². The van der Waals surface area contributed by atoms with Crippen LogP contribution in [0.15, 0.2) is 140 Å². The molecule has 0 aliphatic heterocycles. The molecule has 0 saturated heterocycles. The van der Waals surface area contributed by atoms with E-state index in [9.17, 15) is 0 Å². The molecule has 1 heteroatoms. The zero-order valence-electron chi connectivity index (χ0n) is 23.2. The molecule has 1 aromatic heterocycles. The maximum atomic E-state index is 5.35. The standard InChI is InChI=1S/C40H29N/c1-40(2)34-21-9-8-20-33(34)39-38(40)36(37-32-19-7-6-14-27(32)22-23-35(37)41-39)31-18-11-17-30(25-31)29-16-10-15-28(24-29)26-12-4-3-5-13-26/h3-25H,1-2H3. The number of rotatable bonds is 3. The molecule has 41 heavy (non-hydrogen) atoms. The fourth-order valence-corrected chi connectivity index (χ4v) is 6.86. The Morgan fingerprint density at radius 1 is 0.512 bits per heavy atom. The Balaban J connectivity index is 1.42. The maximum Gasteiger partial charge on any atom is 0.0759 e. The molecule has 6 aromatic carbocycles. The lowest BCUT2D eigenvalue weighted by atomic mass is 9.77. The summed E-state index contributed by atoms with van der Waals surface area (Å²) in [6.45, 7) is 4.71. The van der Waals surface area contributed by atoms with Crippen LogP contribution in [0.5, 0.6) is 0 Å². The lowest BCUT2D eigenvalue weighted by molar-refractivity contribution is 0.662. The number of hydrogen-bond donors (Lipinski definition) is 0. The molecule has 0 N–H and O–H groups in total. The van der Waals surface area contributed by atoms with E-state index in [1.54, 1.807) is 0 Å². The molecule has 1 aliphatic carbocycles. The van der Waals surface area contributed by atoms with Crippen molar-refractivity contribution in [2.75, 3.05) is 0 Å². The third-order valence-electron chi connectivity index (χ3n) is 8.81. The molecule has 0 unspecified atom stereocenters. The summed E-state index contributed by atoms with van der Waals surface area (Å²) in [6.07, 6.45) is 0. The molecule has 0 atom stereocenters. The van der Waals surface area contributed by atoms with Crippen LogP contribution >= 0.6 is 0 Å². The van der Waals surface area contributed by atoms with Crippen LogP contribution in [-0.2, 0) is 5.41 Å². The molecular weight excluding hydrogens is 494 g/mol. The fraction of sp³-hybridized carbons (Fsp3) is 0.0750. The summed E-state index contributed by atoms with van der Waals surface area (Å²) in [6, 6.07) is 50.5. The second-order valence-electron chi connectivity index (χ2n) is 11.6. The number of aromatic nitrogens is 1. The average molecular weight is 524 g/mol. The molecule has 194 valence electrons. The van der Waals surface area contributed by atoms with Crippen LogP contribution in [0, 0.1) is 0 Å². The van der Waals surface area contributed by atoms with Crippen LogP contribution in [0.1, 0.15) is 25.0 Å². The maximum absolute atomic E-state index is 5.35. The van der Waals surface area contributed by atoms with Crippen molar-refractivity contribution in [1.29, 1.82) is 0 Å². The van der Waals surface area contributed by atoms with Crippen LogP contribution < -0.4 is 0 Å². The van der Waals surface area contributed by atoms with Gasteiger partial charge in [-0.05, 0) is 73.5 Å². The molecule has 1 nitrogen and oxygen atoms in total. The highest BCUT2D eigenvalue weighted by atomic mass is 14.7. The molecule has 1 heterocycles. The third kappa shape index (κ3) is 3.66. The van der Waals surface area contributed by atoms with Gasteiger partial charge in [0.1, 0.15) is 0 Å². The van der Waals surface area contributed by atoms with E-state index in [1.165, 1.54) is 66.2 Å². The van der Waals surface area contributed by atoms with E-state index in [0.717, 1.165) is 11.2 Å². The van der Waals surface area contributed by atoms with Crippen molar-refractivity contribution in [3.8, 4) is 44.6 Å². The molecule has 7 aromatic rings. The first-order chi connectivity index (χ1) is 20.1. The van der Waals surface area contributed by atoms with Gasteiger partial charge in [0.15, 0.2) is 0 Å². The van der Waals surface area contributed by atoms with E-state index >= 15 is 0 Å². The van der Waals surface area contributed by atoms with Crippen molar-refractivity contribution < 1.29 is 0 Å². The first-order valence-electron chi connectivity index (χ1n) is 14.3. The topological polar surface area (TPSA) is 12.9 Å². The first kappa shape index (κ1) is 23.8. The minimum Gasteiger partial charge on any atom is -0.247 e. The highest BCUT2D eigenvalue weighted by molar-refractivity contribution is 6.16. The van der Waals surface area contributed by atoms with E-state index in [4.69, 9.17) is 4.98 Å². The molecule has 0 radical (unpaired) electrons. The second-order valence-corrected chi connectivity index (χ2v) is 11.6. The van der Waals surface area contributed by atoms with Crippen LogP contribution in [-0.4, -0.2) is 4.98 Å². The minimum atomic E-state index is -0.178. The highest BCUT2D eigenvalue weighted by Crippen LogP contribution is 2.54. The Labute approximate surface area is 240 Å². The molecule has 8 rings (SSSR count). The van der Waals surface area contributed by atoms with E-state index in [1.807, 2.05) is 0 Å². The summed E-state index contributed by atoms with van der Waals surface area (Å²) < 4.78 is 0. The number of hydrogen-bond acceptors (Lipinski definition) is 1. The Hall–Kier alpha value is -5.01. The second kappa shape index (κ2) is 9.01. The third-order valence-corrected chi connectivity index (χ3v) is 8.81. The Bertz CT molecular complexity index is 2120. The predicted molar refractivity (Wildman–Crippen MR) is 173 cm³/mol. The summed E-state index contributed by atoms with van der Waals surface area (Å²) in [7, 11) is 0. The molecular formula is C40H29N. The smallest absolute Gasteiger partial charge is 0.0759 e. The fourth-order valence-electron chi connectivity index (χ4n) is 6.86. The molecule has 1 aliphatic rings. The van der Waals surface area contributed by atoms with Crippen LogP contribution in [0.3, 0.4) is 0 Å². The zero-order chi connectivity index (χ0) is 27.6. The van der Waals surface area contributed by atoms with Gasteiger partial charge in [0.25, 0.3) is 0 Å². The average Bonchev–Trinajstić information content (AvgIpc) is 3.26. The quantitative estimate of drug-likeness (QED) is 0.210. The largest absolute Gasteiger partial charge is 0.247 e. The van der Waals surface area contributed by atoms with Gasteiger partial charge in [-0.1, -0.05) is 135 Å². The van der Waals surface area contributed by atoms with Gasteiger partial charge in [0.2, 0.25) is 0 Å². The number of nitrogens with zero attached hydrogens (tertiary/aromatic N) is 1. The lowest BCUT2D eigenvalue weighted by Gasteiger charge is -2.26.